The summed E-state index contributed by atoms with van der Waals surface area (Å²) in [5, 5.41) is 10.5. The van der Waals surface area contributed by atoms with Crippen molar-refractivity contribution in [2.75, 3.05) is 5.32 Å². The van der Waals surface area contributed by atoms with Crippen LogP contribution in [-0.2, 0) is 0 Å². The van der Waals surface area contributed by atoms with Gasteiger partial charge in [0.2, 0.25) is 0 Å². The number of nitrogens with one attached hydrogen (secondary N) is 1. The summed E-state index contributed by atoms with van der Waals surface area (Å²) in [6.07, 6.45) is 2.64. The molecule has 0 saturated carbocycles. The van der Waals surface area contributed by atoms with Gasteiger partial charge in [0, 0.05) is 6.20 Å². The maximum absolute atomic E-state index is 12.8. The molecule has 1 amide bonds. The number of nitrogens with zero attached hydrogens (tertiary/aromatic N) is 4. The van der Waals surface area contributed by atoms with E-state index in [0.29, 0.717) is 11.4 Å². The Balaban J connectivity index is 1.73. The predicted octanol–water partition coefficient (Wildman–Crippen LogP) is 2.32. The molecule has 0 radical (unpaired) electrons. The van der Waals surface area contributed by atoms with E-state index in [1.807, 2.05) is 12.1 Å². The molecule has 108 valence electrons. The molecule has 0 atom stereocenters. The normalized spacial score (nSPS) is 10.2. The van der Waals surface area contributed by atoms with Crippen LogP contribution in [-0.4, -0.2) is 26.1 Å². The monoisotopic (exact) mass is 295 g/mol. The molecule has 0 aliphatic rings. The molecule has 3 rings (SSSR count). The third kappa shape index (κ3) is 3.09. The van der Waals surface area contributed by atoms with Gasteiger partial charge in [0.15, 0.2) is 5.82 Å². The van der Waals surface area contributed by atoms with Crippen LogP contribution in [0.4, 0.5) is 10.2 Å². The van der Waals surface area contributed by atoms with Gasteiger partial charge < -0.3 is 5.32 Å². The first-order valence-corrected chi connectivity index (χ1v) is 6.40. The lowest BCUT2D eigenvalue weighted by atomic mass is 10.2. The average Bonchev–Trinajstić information content (AvgIpc) is 2.57. The Hall–Kier alpha value is -3.22. The zero-order chi connectivity index (χ0) is 15.4. The molecule has 0 aromatic carbocycles. The van der Waals surface area contributed by atoms with Crippen molar-refractivity contribution in [3.63, 3.8) is 0 Å². The number of hydrogen-bond donors (Lipinski definition) is 1. The van der Waals surface area contributed by atoms with Gasteiger partial charge in [-0.15, -0.1) is 10.2 Å². The quantitative estimate of drug-likeness (QED) is 0.802. The third-order valence-electron chi connectivity index (χ3n) is 2.79. The molecule has 0 aliphatic heterocycles. The first kappa shape index (κ1) is 13.7. The SMILES string of the molecule is O=C(Nc1ccc(-c2ccccn2)nn1)c1ccc(F)cn1. The summed E-state index contributed by atoms with van der Waals surface area (Å²) in [7, 11) is 0. The number of hydrogen-bond acceptors (Lipinski definition) is 5. The molecular weight excluding hydrogens is 285 g/mol. The van der Waals surface area contributed by atoms with Crippen LogP contribution in [0, 0.1) is 5.82 Å². The second-order valence-electron chi connectivity index (χ2n) is 4.33. The van der Waals surface area contributed by atoms with E-state index >= 15 is 0 Å². The Kier molecular flexibility index (Phi) is 3.78. The van der Waals surface area contributed by atoms with Crippen molar-refractivity contribution in [1.82, 2.24) is 20.2 Å². The number of halogens is 1. The minimum atomic E-state index is -0.504. The molecule has 3 aromatic rings. The molecule has 6 nitrogen and oxygen atoms in total. The Labute approximate surface area is 125 Å². The molecule has 22 heavy (non-hydrogen) atoms. The van der Waals surface area contributed by atoms with Crippen molar-refractivity contribution in [2.24, 2.45) is 0 Å². The van der Waals surface area contributed by atoms with Gasteiger partial charge in [0.1, 0.15) is 17.2 Å². The largest absolute Gasteiger partial charge is 0.304 e. The molecule has 0 spiro atoms. The van der Waals surface area contributed by atoms with Crippen LogP contribution in [0.2, 0.25) is 0 Å². The highest BCUT2D eigenvalue weighted by Crippen LogP contribution is 2.14. The van der Waals surface area contributed by atoms with Crippen LogP contribution in [0.5, 0.6) is 0 Å². The van der Waals surface area contributed by atoms with Crippen LogP contribution in [0.15, 0.2) is 54.9 Å². The van der Waals surface area contributed by atoms with Gasteiger partial charge in [-0.05, 0) is 36.4 Å². The zero-order valence-corrected chi connectivity index (χ0v) is 11.3. The van der Waals surface area contributed by atoms with Crippen LogP contribution < -0.4 is 5.32 Å². The second-order valence-corrected chi connectivity index (χ2v) is 4.33. The molecule has 0 bridgehead atoms. The van der Waals surface area contributed by atoms with Gasteiger partial charge >= 0.3 is 0 Å². The van der Waals surface area contributed by atoms with E-state index in [1.165, 1.54) is 6.07 Å². The van der Waals surface area contributed by atoms with Gasteiger partial charge in [0.25, 0.3) is 5.91 Å². The van der Waals surface area contributed by atoms with E-state index in [4.69, 9.17) is 0 Å². The summed E-state index contributed by atoms with van der Waals surface area (Å²) in [5.41, 5.74) is 1.38. The number of carbonyl (C=O) groups is 1. The van der Waals surface area contributed by atoms with E-state index in [2.05, 4.69) is 25.5 Å². The first-order valence-electron chi connectivity index (χ1n) is 6.40. The third-order valence-corrected chi connectivity index (χ3v) is 2.79. The van der Waals surface area contributed by atoms with Gasteiger partial charge in [-0.3, -0.25) is 9.78 Å². The number of amides is 1. The van der Waals surface area contributed by atoms with Crippen molar-refractivity contribution < 1.29 is 9.18 Å². The minimum Gasteiger partial charge on any atom is -0.304 e. The summed E-state index contributed by atoms with van der Waals surface area (Å²) in [5.74, 6) is -0.716. The maximum atomic E-state index is 12.8. The number of pyridine rings is 2. The summed E-state index contributed by atoms with van der Waals surface area (Å²) >= 11 is 0. The fourth-order valence-electron chi connectivity index (χ4n) is 1.74. The van der Waals surface area contributed by atoms with Gasteiger partial charge in [-0.1, -0.05) is 6.07 Å². The van der Waals surface area contributed by atoms with Crippen LogP contribution in [0.3, 0.4) is 0 Å². The van der Waals surface area contributed by atoms with Crippen molar-refractivity contribution >= 4 is 11.7 Å². The number of carbonyl (C=O) groups excluding carboxylic acids is 1. The Morgan fingerprint density at radius 2 is 1.86 bits per heavy atom. The lowest BCUT2D eigenvalue weighted by Crippen LogP contribution is -2.15. The van der Waals surface area contributed by atoms with Gasteiger partial charge in [-0.2, -0.15) is 0 Å². The minimum absolute atomic E-state index is 0.0944. The van der Waals surface area contributed by atoms with E-state index in [1.54, 1.807) is 24.4 Å². The van der Waals surface area contributed by atoms with Gasteiger partial charge in [0.05, 0.1) is 11.9 Å². The fraction of sp³-hybridized carbons (Fsp3) is 0. The van der Waals surface area contributed by atoms with Crippen LogP contribution >= 0.6 is 0 Å². The molecule has 0 fully saturated rings. The van der Waals surface area contributed by atoms with Crippen molar-refractivity contribution in [3.8, 4) is 11.4 Å². The smallest absolute Gasteiger partial charge is 0.275 e. The first-order chi connectivity index (χ1) is 10.7. The van der Waals surface area contributed by atoms with Crippen molar-refractivity contribution in [1.29, 1.82) is 0 Å². The highest BCUT2D eigenvalue weighted by atomic mass is 19.1. The molecule has 3 aromatic heterocycles. The highest BCUT2D eigenvalue weighted by molar-refractivity contribution is 6.02. The van der Waals surface area contributed by atoms with E-state index < -0.39 is 11.7 Å². The predicted molar refractivity (Wildman–Crippen MR) is 77.4 cm³/mol. The molecule has 0 saturated heterocycles. The molecule has 0 unspecified atom stereocenters. The topological polar surface area (TPSA) is 80.7 Å². The summed E-state index contributed by atoms with van der Waals surface area (Å²) < 4.78 is 12.8. The highest BCUT2D eigenvalue weighted by Gasteiger charge is 2.09. The van der Waals surface area contributed by atoms with E-state index in [0.717, 1.165) is 12.3 Å². The lowest BCUT2D eigenvalue weighted by molar-refractivity contribution is 0.102. The molecule has 1 N–H and O–H groups in total. The van der Waals surface area contributed by atoms with Crippen molar-refractivity contribution in [3.05, 3.63) is 66.4 Å². The van der Waals surface area contributed by atoms with Crippen LogP contribution in [0.25, 0.3) is 11.4 Å². The van der Waals surface area contributed by atoms with Crippen molar-refractivity contribution in [2.45, 2.75) is 0 Å². The summed E-state index contributed by atoms with van der Waals surface area (Å²) in [6, 6.07) is 11.2. The summed E-state index contributed by atoms with van der Waals surface area (Å²) in [4.78, 5) is 19.8. The Bertz CT molecular complexity index is 775. The fourth-order valence-corrected chi connectivity index (χ4v) is 1.74. The van der Waals surface area contributed by atoms with Crippen LogP contribution in [0.1, 0.15) is 10.5 Å². The lowest BCUT2D eigenvalue weighted by Gasteiger charge is -2.04. The number of aromatic nitrogens is 4. The standard InChI is InChI=1S/C15H10FN5O/c16-10-4-5-13(18-9-10)15(22)19-14-7-6-12(20-21-14)11-3-1-2-8-17-11/h1-9H,(H,19,21,22). The molecule has 3 heterocycles. The second kappa shape index (κ2) is 6.04. The Morgan fingerprint density at radius 3 is 2.50 bits per heavy atom. The number of rotatable bonds is 3. The average molecular weight is 295 g/mol. The molecular formula is C15H10FN5O. The molecule has 0 aliphatic carbocycles. The van der Waals surface area contributed by atoms with E-state index in [9.17, 15) is 9.18 Å². The van der Waals surface area contributed by atoms with Gasteiger partial charge in [-0.25, -0.2) is 9.37 Å². The zero-order valence-electron chi connectivity index (χ0n) is 11.3. The maximum Gasteiger partial charge on any atom is 0.275 e. The Morgan fingerprint density at radius 1 is 0.955 bits per heavy atom. The van der Waals surface area contributed by atoms with E-state index in [-0.39, 0.29) is 11.5 Å². The summed E-state index contributed by atoms with van der Waals surface area (Å²) in [6.45, 7) is 0. The molecule has 7 heteroatoms. The number of anilines is 1.